The molecule has 92 valence electrons. The first-order chi connectivity index (χ1) is 8.84. The summed E-state index contributed by atoms with van der Waals surface area (Å²) in [6.45, 7) is 0.826. The van der Waals surface area contributed by atoms with E-state index in [4.69, 9.17) is 0 Å². The topological polar surface area (TPSA) is 42.0 Å². The summed E-state index contributed by atoms with van der Waals surface area (Å²) in [4.78, 5) is 16.2. The van der Waals surface area contributed by atoms with Crippen LogP contribution < -0.4 is 5.32 Å². The lowest BCUT2D eigenvalue weighted by Gasteiger charge is -2.22. The second kappa shape index (κ2) is 4.77. The molecular formula is C15H16N2O. The van der Waals surface area contributed by atoms with E-state index in [1.165, 1.54) is 10.9 Å². The molecule has 3 rings (SSSR count). The number of aromatic nitrogens is 1. The Morgan fingerprint density at radius 3 is 3.06 bits per heavy atom. The zero-order valence-electron chi connectivity index (χ0n) is 10.2. The molecule has 1 unspecified atom stereocenters. The normalized spacial score (nSPS) is 19.8. The van der Waals surface area contributed by atoms with Gasteiger partial charge in [0.15, 0.2) is 0 Å². The largest absolute Gasteiger partial charge is 0.356 e. The van der Waals surface area contributed by atoms with Crippen molar-refractivity contribution in [2.24, 2.45) is 5.92 Å². The number of fused-ring (bicyclic) bond motifs is 1. The summed E-state index contributed by atoms with van der Waals surface area (Å²) in [5.41, 5.74) is 2.23. The molecule has 3 nitrogen and oxygen atoms in total. The summed E-state index contributed by atoms with van der Waals surface area (Å²) < 4.78 is 0. The smallest absolute Gasteiger partial charge is 0.223 e. The molecule has 0 bridgehead atoms. The minimum Gasteiger partial charge on any atom is -0.356 e. The van der Waals surface area contributed by atoms with Gasteiger partial charge in [0, 0.05) is 24.0 Å². The molecule has 2 aromatic rings. The lowest BCUT2D eigenvalue weighted by molar-refractivity contribution is -0.126. The average Bonchev–Trinajstić information content (AvgIpc) is 2.42. The molecule has 1 aliphatic rings. The van der Waals surface area contributed by atoms with Crippen molar-refractivity contribution in [3.8, 4) is 0 Å². The molecule has 1 amide bonds. The molecule has 1 N–H and O–H groups in total. The van der Waals surface area contributed by atoms with Crippen LogP contribution in [0.4, 0.5) is 0 Å². The Balaban J connectivity index is 1.92. The Kier molecular flexibility index (Phi) is 2.97. The first-order valence-electron chi connectivity index (χ1n) is 6.45. The summed E-state index contributed by atoms with van der Waals surface area (Å²) in [6, 6.07) is 10.1. The lowest BCUT2D eigenvalue weighted by Crippen LogP contribution is -2.37. The van der Waals surface area contributed by atoms with E-state index in [0.29, 0.717) is 0 Å². The third kappa shape index (κ3) is 2.08. The summed E-state index contributed by atoms with van der Waals surface area (Å²) in [5, 5.41) is 4.11. The number of hydrogen-bond donors (Lipinski definition) is 1. The number of nitrogens with zero attached hydrogens (tertiary/aromatic N) is 1. The van der Waals surface area contributed by atoms with E-state index < -0.39 is 0 Å². The molecule has 1 atom stereocenters. The standard InChI is InChI=1S/C15H16N2O/c18-15-12(4-3-8-17-15)10-11-7-9-16-14-6-2-1-5-13(11)14/h1-2,5-7,9,12H,3-4,8,10H2,(H,17,18). The van der Waals surface area contributed by atoms with Gasteiger partial charge >= 0.3 is 0 Å². The van der Waals surface area contributed by atoms with Crippen LogP contribution >= 0.6 is 0 Å². The lowest BCUT2D eigenvalue weighted by atomic mass is 9.90. The fourth-order valence-corrected chi connectivity index (χ4v) is 2.63. The van der Waals surface area contributed by atoms with E-state index in [9.17, 15) is 4.79 Å². The van der Waals surface area contributed by atoms with Gasteiger partial charge in [0.25, 0.3) is 0 Å². The van der Waals surface area contributed by atoms with E-state index in [-0.39, 0.29) is 11.8 Å². The molecule has 1 fully saturated rings. The quantitative estimate of drug-likeness (QED) is 0.875. The zero-order chi connectivity index (χ0) is 12.4. The van der Waals surface area contributed by atoms with Gasteiger partial charge in [-0.1, -0.05) is 18.2 Å². The third-order valence-electron chi connectivity index (χ3n) is 3.61. The van der Waals surface area contributed by atoms with Crippen molar-refractivity contribution in [1.82, 2.24) is 10.3 Å². The molecule has 1 aliphatic heterocycles. The van der Waals surface area contributed by atoms with Crippen LogP contribution in [0.2, 0.25) is 0 Å². The van der Waals surface area contributed by atoms with Crippen LogP contribution in [0.15, 0.2) is 36.5 Å². The van der Waals surface area contributed by atoms with Crippen molar-refractivity contribution in [3.63, 3.8) is 0 Å². The molecule has 3 heteroatoms. The number of carbonyl (C=O) groups is 1. The van der Waals surface area contributed by atoms with Crippen molar-refractivity contribution in [1.29, 1.82) is 0 Å². The van der Waals surface area contributed by atoms with Gasteiger partial charge in [0.2, 0.25) is 5.91 Å². The summed E-state index contributed by atoms with van der Waals surface area (Å²) in [7, 11) is 0. The van der Waals surface area contributed by atoms with Crippen LogP contribution in [0.5, 0.6) is 0 Å². The number of nitrogens with one attached hydrogen (secondary N) is 1. The third-order valence-corrected chi connectivity index (χ3v) is 3.61. The van der Waals surface area contributed by atoms with E-state index in [2.05, 4.69) is 16.4 Å². The van der Waals surface area contributed by atoms with E-state index in [1.807, 2.05) is 30.5 Å². The first-order valence-corrected chi connectivity index (χ1v) is 6.45. The minimum atomic E-state index is 0.115. The van der Waals surface area contributed by atoms with E-state index in [0.717, 1.165) is 31.3 Å². The summed E-state index contributed by atoms with van der Waals surface area (Å²) >= 11 is 0. The van der Waals surface area contributed by atoms with Crippen LogP contribution in [0, 0.1) is 5.92 Å². The van der Waals surface area contributed by atoms with Crippen molar-refractivity contribution in [3.05, 3.63) is 42.1 Å². The molecule has 0 radical (unpaired) electrons. The maximum Gasteiger partial charge on any atom is 0.223 e. The number of rotatable bonds is 2. The van der Waals surface area contributed by atoms with Gasteiger partial charge in [-0.3, -0.25) is 9.78 Å². The van der Waals surface area contributed by atoms with Gasteiger partial charge in [-0.15, -0.1) is 0 Å². The van der Waals surface area contributed by atoms with Crippen molar-refractivity contribution in [2.75, 3.05) is 6.54 Å². The molecule has 1 saturated heterocycles. The van der Waals surface area contributed by atoms with Crippen molar-refractivity contribution >= 4 is 16.8 Å². The highest BCUT2D eigenvalue weighted by Crippen LogP contribution is 2.22. The van der Waals surface area contributed by atoms with Gasteiger partial charge in [-0.2, -0.15) is 0 Å². The Bertz CT molecular complexity index is 574. The highest BCUT2D eigenvalue weighted by molar-refractivity contribution is 5.84. The second-order valence-electron chi connectivity index (χ2n) is 4.82. The van der Waals surface area contributed by atoms with E-state index >= 15 is 0 Å². The van der Waals surface area contributed by atoms with E-state index in [1.54, 1.807) is 0 Å². The van der Waals surface area contributed by atoms with Gasteiger partial charge in [0.05, 0.1) is 5.52 Å². The Hall–Kier alpha value is -1.90. The van der Waals surface area contributed by atoms with Crippen LogP contribution in [0.25, 0.3) is 10.9 Å². The minimum absolute atomic E-state index is 0.115. The monoisotopic (exact) mass is 240 g/mol. The molecule has 0 saturated carbocycles. The molecule has 0 aliphatic carbocycles. The Labute approximate surface area is 106 Å². The molecule has 2 heterocycles. The number of para-hydroxylation sites is 1. The molecule has 18 heavy (non-hydrogen) atoms. The predicted molar refractivity (Wildman–Crippen MR) is 71.2 cm³/mol. The highest BCUT2D eigenvalue weighted by Gasteiger charge is 2.22. The number of pyridine rings is 1. The van der Waals surface area contributed by atoms with Crippen molar-refractivity contribution < 1.29 is 4.79 Å². The summed E-state index contributed by atoms with van der Waals surface area (Å²) in [5.74, 6) is 0.312. The average molecular weight is 240 g/mol. The predicted octanol–water partition coefficient (Wildman–Crippen LogP) is 2.30. The number of amides is 1. The number of hydrogen-bond acceptors (Lipinski definition) is 2. The number of benzene rings is 1. The van der Waals surface area contributed by atoms with Crippen LogP contribution in [0.1, 0.15) is 18.4 Å². The van der Waals surface area contributed by atoms with Crippen LogP contribution in [-0.2, 0) is 11.2 Å². The molecule has 1 aromatic heterocycles. The SMILES string of the molecule is O=C1NCCCC1Cc1ccnc2ccccc12. The molecule has 1 aromatic carbocycles. The van der Waals surface area contributed by atoms with Gasteiger partial charge in [-0.05, 0) is 37.0 Å². The maximum atomic E-state index is 11.8. The summed E-state index contributed by atoms with van der Waals surface area (Å²) in [6.07, 6.45) is 4.72. The Morgan fingerprint density at radius 1 is 1.28 bits per heavy atom. The van der Waals surface area contributed by atoms with Crippen LogP contribution in [0.3, 0.4) is 0 Å². The van der Waals surface area contributed by atoms with Gasteiger partial charge in [-0.25, -0.2) is 0 Å². The fourth-order valence-electron chi connectivity index (χ4n) is 2.63. The highest BCUT2D eigenvalue weighted by atomic mass is 16.1. The Morgan fingerprint density at radius 2 is 2.17 bits per heavy atom. The number of piperidine rings is 1. The maximum absolute atomic E-state index is 11.8. The fraction of sp³-hybridized carbons (Fsp3) is 0.333. The first kappa shape index (κ1) is 11.2. The number of carbonyl (C=O) groups excluding carboxylic acids is 1. The molecular weight excluding hydrogens is 224 g/mol. The molecule has 0 spiro atoms. The zero-order valence-corrected chi connectivity index (χ0v) is 10.2. The van der Waals surface area contributed by atoms with Gasteiger partial charge < -0.3 is 5.32 Å². The van der Waals surface area contributed by atoms with Gasteiger partial charge in [0.1, 0.15) is 0 Å². The van der Waals surface area contributed by atoms with Crippen LogP contribution in [-0.4, -0.2) is 17.4 Å². The second-order valence-corrected chi connectivity index (χ2v) is 4.82. The van der Waals surface area contributed by atoms with Crippen molar-refractivity contribution in [2.45, 2.75) is 19.3 Å².